The number of para-hydroxylation sites is 2. The van der Waals surface area contributed by atoms with Crippen molar-refractivity contribution in [3.8, 4) is 0 Å². The van der Waals surface area contributed by atoms with Crippen molar-refractivity contribution in [1.29, 1.82) is 0 Å². The highest BCUT2D eigenvalue weighted by Crippen LogP contribution is 2.30. The number of carbonyl (C=O) groups is 2. The minimum Gasteiger partial charge on any atom is -0.444 e. The largest absolute Gasteiger partial charge is 0.444 e. The Morgan fingerprint density at radius 3 is 1.24 bits per heavy atom. The summed E-state index contributed by atoms with van der Waals surface area (Å²) in [5.74, 6) is 0. The number of benzene rings is 2. The van der Waals surface area contributed by atoms with E-state index < -0.39 is 76.7 Å². The average molecular weight is 799 g/mol. The third-order valence-corrected chi connectivity index (χ3v) is 12.3. The van der Waals surface area contributed by atoms with E-state index in [-0.39, 0.29) is 36.0 Å². The maximum atomic E-state index is 13.1. The van der Waals surface area contributed by atoms with Crippen LogP contribution in [0.15, 0.2) is 58.3 Å². The van der Waals surface area contributed by atoms with E-state index in [4.69, 9.17) is 9.47 Å². The molecule has 2 aromatic rings. The van der Waals surface area contributed by atoms with Gasteiger partial charge < -0.3 is 19.3 Å². The first-order valence-electron chi connectivity index (χ1n) is 17.3. The van der Waals surface area contributed by atoms with Gasteiger partial charge in [0.25, 0.3) is 11.4 Å². The first-order chi connectivity index (χ1) is 24.9. The number of hydrogen-bond acceptors (Lipinski definition) is 12. The van der Waals surface area contributed by atoms with E-state index in [1.54, 1.807) is 55.4 Å². The molecule has 2 amide bonds. The second-order valence-corrected chi connectivity index (χ2v) is 18.7. The molecule has 2 saturated heterocycles. The number of nitro groups is 2. The second-order valence-electron chi connectivity index (χ2n) is 14.9. The van der Waals surface area contributed by atoms with Gasteiger partial charge in [-0.1, -0.05) is 24.3 Å². The normalized spacial score (nSPS) is 19.4. The summed E-state index contributed by atoms with van der Waals surface area (Å²) in [6.45, 7) is 15.2. The van der Waals surface area contributed by atoms with Crippen LogP contribution in [0.25, 0.3) is 0 Å². The molecule has 0 spiro atoms. The molecule has 4 rings (SSSR count). The summed E-state index contributed by atoms with van der Waals surface area (Å²) in [5, 5.41) is 22.5. The Balaban J connectivity index is 0.000000290. The van der Waals surface area contributed by atoms with Gasteiger partial charge in [0.05, 0.1) is 9.85 Å². The molecule has 0 aliphatic carbocycles. The van der Waals surface area contributed by atoms with Gasteiger partial charge in [0.2, 0.25) is 20.0 Å². The predicted octanol–water partition coefficient (Wildman–Crippen LogP) is 5.23. The first-order valence-corrected chi connectivity index (χ1v) is 20.2. The van der Waals surface area contributed by atoms with Crippen molar-refractivity contribution in [3.05, 3.63) is 68.8 Å². The summed E-state index contributed by atoms with van der Waals surface area (Å²) >= 11 is 0. The Morgan fingerprint density at radius 1 is 0.630 bits per heavy atom. The molecular formula is C34H50N6O12S2. The summed E-state index contributed by atoms with van der Waals surface area (Å²) < 4.78 is 65.4. The number of hydrogen-bond donors (Lipinski definition) is 0. The lowest BCUT2D eigenvalue weighted by Gasteiger charge is -2.29. The van der Waals surface area contributed by atoms with Crippen LogP contribution in [0.2, 0.25) is 0 Å². The van der Waals surface area contributed by atoms with Gasteiger partial charge in [0.15, 0.2) is 9.79 Å². The smallest absolute Gasteiger partial charge is 0.410 e. The van der Waals surface area contributed by atoms with Crippen LogP contribution in [-0.4, -0.2) is 120 Å². The van der Waals surface area contributed by atoms with Crippen molar-refractivity contribution in [2.45, 2.75) is 101 Å². The standard InChI is InChI=1S/2C17H25N3O6S/c2*1-13-12-18(16(21)26-17(2,3)4)10-7-11-19(13)27(24,25)15-9-6-5-8-14(15)20(22)23/h2*5-6,8-9,13H,7,10-12H2,1-4H3/t2*13-/m00/s1. The van der Waals surface area contributed by atoms with E-state index in [9.17, 15) is 46.7 Å². The zero-order valence-electron chi connectivity index (χ0n) is 31.8. The molecule has 54 heavy (non-hydrogen) atoms. The molecule has 18 nitrogen and oxygen atoms in total. The van der Waals surface area contributed by atoms with Crippen LogP contribution in [0.1, 0.15) is 68.2 Å². The summed E-state index contributed by atoms with van der Waals surface area (Å²) in [4.78, 5) is 48.0. The molecule has 0 radical (unpaired) electrons. The van der Waals surface area contributed by atoms with Gasteiger partial charge in [-0.25, -0.2) is 26.4 Å². The maximum Gasteiger partial charge on any atom is 0.410 e. The number of ether oxygens (including phenoxy) is 2. The van der Waals surface area contributed by atoms with Crippen molar-refractivity contribution in [2.24, 2.45) is 0 Å². The Kier molecular flexibility index (Phi) is 14.2. The van der Waals surface area contributed by atoms with Gasteiger partial charge in [-0.2, -0.15) is 8.61 Å². The second kappa shape index (κ2) is 17.4. The molecule has 0 N–H and O–H groups in total. The topological polar surface area (TPSA) is 220 Å². The van der Waals surface area contributed by atoms with Crippen LogP contribution in [-0.2, 0) is 29.5 Å². The van der Waals surface area contributed by atoms with Crippen LogP contribution in [0.5, 0.6) is 0 Å². The van der Waals surface area contributed by atoms with Gasteiger partial charge in [-0.15, -0.1) is 0 Å². The van der Waals surface area contributed by atoms with Crippen LogP contribution in [0.3, 0.4) is 0 Å². The van der Waals surface area contributed by atoms with Crippen molar-refractivity contribution >= 4 is 43.6 Å². The molecule has 20 heteroatoms. The summed E-state index contributed by atoms with van der Waals surface area (Å²) in [6, 6.07) is 9.46. The van der Waals surface area contributed by atoms with Gasteiger partial charge in [0.1, 0.15) is 11.2 Å². The fourth-order valence-electron chi connectivity index (χ4n) is 5.88. The minimum absolute atomic E-state index is 0.148. The predicted molar refractivity (Wildman–Crippen MR) is 198 cm³/mol. The molecule has 300 valence electrons. The van der Waals surface area contributed by atoms with E-state index in [1.807, 2.05) is 0 Å². The first kappa shape index (κ1) is 44.0. The maximum absolute atomic E-state index is 13.1. The van der Waals surface area contributed by atoms with E-state index in [0.717, 1.165) is 0 Å². The number of carbonyl (C=O) groups excluding carboxylic acids is 2. The van der Waals surface area contributed by atoms with Crippen molar-refractivity contribution in [3.63, 3.8) is 0 Å². The number of nitro benzene ring substituents is 2. The number of amides is 2. The lowest BCUT2D eigenvalue weighted by atomic mass is 10.2. The van der Waals surface area contributed by atoms with Gasteiger partial charge in [-0.3, -0.25) is 20.2 Å². The Morgan fingerprint density at radius 2 is 0.944 bits per heavy atom. The molecular weight excluding hydrogens is 749 g/mol. The van der Waals surface area contributed by atoms with Crippen LogP contribution in [0.4, 0.5) is 21.0 Å². The number of sulfonamides is 2. The lowest BCUT2D eigenvalue weighted by molar-refractivity contribution is -0.388. The van der Waals surface area contributed by atoms with Crippen molar-refractivity contribution < 1.29 is 45.7 Å². The van der Waals surface area contributed by atoms with Gasteiger partial charge >= 0.3 is 12.2 Å². The zero-order chi connectivity index (χ0) is 40.8. The van der Waals surface area contributed by atoms with Crippen molar-refractivity contribution in [1.82, 2.24) is 18.4 Å². The molecule has 0 bridgehead atoms. The van der Waals surface area contributed by atoms with E-state index in [2.05, 4.69) is 0 Å². The number of nitrogens with zero attached hydrogens (tertiary/aromatic N) is 6. The Bertz CT molecular complexity index is 1770. The molecule has 0 saturated carbocycles. The molecule has 2 aliphatic rings. The average Bonchev–Trinajstić information content (AvgIpc) is 3.39. The van der Waals surface area contributed by atoms with Crippen LogP contribution < -0.4 is 0 Å². The Labute approximate surface area is 316 Å². The SMILES string of the molecule is C[C@H]1CN(C(=O)OC(C)(C)C)CCCN1S(=O)(=O)c1ccccc1[N+](=O)[O-].C[C@H]1CN(C(=O)OC(C)(C)C)CCCN1S(=O)(=O)c1ccccc1[N+](=O)[O-]. The fraction of sp³-hybridized carbons (Fsp3) is 0.588. The molecule has 2 aliphatic heterocycles. The van der Waals surface area contributed by atoms with E-state index in [1.165, 1.54) is 66.9 Å². The Hall–Kier alpha value is -4.40. The molecule has 0 unspecified atom stereocenters. The molecule has 2 heterocycles. The quantitative estimate of drug-likeness (QED) is 0.271. The van der Waals surface area contributed by atoms with E-state index in [0.29, 0.717) is 25.9 Å². The van der Waals surface area contributed by atoms with Gasteiger partial charge in [0, 0.05) is 63.5 Å². The molecule has 2 fully saturated rings. The highest BCUT2D eigenvalue weighted by Gasteiger charge is 2.39. The summed E-state index contributed by atoms with van der Waals surface area (Å²) in [5.41, 5.74) is -2.22. The minimum atomic E-state index is -4.08. The third-order valence-electron chi connectivity index (χ3n) is 8.17. The fourth-order valence-corrected chi connectivity index (χ4v) is 9.52. The highest BCUT2D eigenvalue weighted by atomic mass is 32.2. The summed E-state index contributed by atoms with van der Waals surface area (Å²) in [6.07, 6.45) is -0.189. The molecule has 2 aromatic carbocycles. The third kappa shape index (κ3) is 11.3. The van der Waals surface area contributed by atoms with Crippen LogP contribution >= 0.6 is 0 Å². The van der Waals surface area contributed by atoms with E-state index >= 15 is 0 Å². The molecule has 0 aromatic heterocycles. The number of rotatable bonds is 6. The highest BCUT2D eigenvalue weighted by molar-refractivity contribution is 7.89. The monoisotopic (exact) mass is 798 g/mol. The molecule has 2 atom stereocenters. The van der Waals surface area contributed by atoms with Crippen LogP contribution in [0, 0.1) is 20.2 Å². The lowest BCUT2D eigenvalue weighted by Crippen LogP contribution is -2.45. The van der Waals surface area contributed by atoms with Gasteiger partial charge in [-0.05, 0) is 80.4 Å². The zero-order valence-corrected chi connectivity index (χ0v) is 33.5. The summed E-state index contributed by atoms with van der Waals surface area (Å²) in [7, 11) is -8.16. The van der Waals surface area contributed by atoms with Crippen molar-refractivity contribution in [2.75, 3.05) is 39.3 Å².